The molecule has 0 unspecified atom stereocenters. The molecule has 5 heterocycles. The molecule has 3 aromatic carbocycles. The van der Waals surface area contributed by atoms with E-state index in [1.165, 1.54) is 0 Å². The van der Waals surface area contributed by atoms with E-state index in [0.717, 1.165) is 22.3 Å². The van der Waals surface area contributed by atoms with Crippen LogP contribution in [0.4, 0.5) is 0 Å². The van der Waals surface area contributed by atoms with Crippen molar-refractivity contribution >= 4 is 23.6 Å². The zero-order chi connectivity index (χ0) is 27.9. The van der Waals surface area contributed by atoms with Crippen LogP contribution in [0.5, 0.6) is 0 Å². The summed E-state index contributed by atoms with van der Waals surface area (Å²) in [4.78, 5) is 55.1. The fourth-order valence-corrected chi connectivity index (χ4v) is 4.15. The first-order chi connectivity index (χ1) is 19.4. The van der Waals surface area contributed by atoms with Crippen LogP contribution in [0.15, 0.2) is 91.0 Å². The number of rotatable bonds is 0. The first-order valence-electron chi connectivity index (χ1n) is 12.8. The van der Waals surface area contributed by atoms with Gasteiger partial charge in [-0.2, -0.15) is 0 Å². The Morgan fingerprint density at radius 2 is 0.750 bits per heavy atom. The maximum atomic E-state index is 12.7. The summed E-state index contributed by atoms with van der Waals surface area (Å²) in [5.74, 6) is -1.36. The second-order valence-electron chi connectivity index (χ2n) is 9.35. The highest BCUT2D eigenvalue weighted by atomic mass is 16.2. The molecule has 0 atom stereocenters. The molecule has 0 aliphatic carbocycles. The molecular formula is C31H27N5O4. The molecule has 0 radical (unpaired) electrons. The summed E-state index contributed by atoms with van der Waals surface area (Å²) >= 11 is 0. The lowest BCUT2D eigenvalue weighted by Crippen LogP contribution is -2.27. The van der Waals surface area contributed by atoms with Gasteiger partial charge >= 0.3 is 0 Å². The van der Waals surface area contributed by atoms with Crippen molar-refractivity contribution in [3.05, 3.63) is 136 Å². The summed E-state index contributed by atoms with van der Waals surface area (Å²) in [7, 11) is 0. The minimum Gasteiger partial charge on any atom is -0.348 e. The van der Waals surface area contributed by atoms with Gasteiger partial charge in [-0.05, 0) is 52.6 Å². The zero-order valence-corrected chi connectivity index (χ0v) is 21.6. The third-order valence-corrected chi connectivity index (χ3v) is 6.46. The van der Waals surface area contributed by atoms with Gasteiger partial charge in [0.1, 0.15) is 11.4 Å². The van der Waals surface area contributed by atoms with Gasteiger partial charge in [-0.3, -0.25) is 19.2 Å². The molecule has 0 fully saturated rings. The lowest BCUT2D eigenvalue weighted by Gasteiger charge is -2.10. The lowest BCUT2D eigenvalue weighted by molar-refractivity contribution is 0.0929. The monoisotopic (exact) mass is 533 g/mol. The SMILES string of the molecule is O=C1NCc2ccc(cc2)CNC(=O)c2cccc(n2)C(=O)NCc2ccc(cc2)CNC(=O)c2cccc1c2. The van der Waals surface area contributed by atoms with Gasteiger partial charge in [0, 0.05) is 37.3 Å². The third kappa shape index (κ3) is 6.57. The molecule has 4 aromatic rings. The van der Waals surface area contributed by atoms with E-state index in [-0.39, 0.29) is 36.3 Å². The highest BCUT2D eigenvalue weighted by Crippen LogP contribution is 2.10. The van der Waals surface area contributed by atoms with Crippen molar-refractivity contribution in [3.8, 4) is 0 Å². The van der Waals surface area contributed by atoms with Crippen LogP contribution in [0.3, 0.4) is 0 Å². The molecule has 9 nitrogen and oxygen atoms in total. The Morgan fingerprint density at radius 1 is 0.425 bits per heavy atom. The summed E-state index contributed by atoms with van der Waals surface area (Å²) in [6.45, 7) is 1.15. The van der Waals surface area contributed by atoms with Crippen LogP contribution in [0.2, 0.25) is 0 Å². The average molecular weight is 534 g/mol. The standard InChI is InChI=1S/C31H27N5O4/c37-28-24-3-1-4-25(15-24)29(38)33-17-21-9-13-23(14-10-21)19-35-31(40)27-6-2-5-26(36-27)30(39)34-18-22-11-7-20(8-12-22)16-32-28/h1-15H,16-19H2,(H,32,37)(H,33,38)(H,34,39)(H,35,40). The summed E-state index contributed by atoms with van der Waals surface area (Å²) in [5, 5.41) is 11.4. The Morgan fingerprint density at radius 3 is 1.12 bits per heavy atom. The van der Waals surface area contributed by atoms with Crippen LogP contribution in [-0.2, 0) is 26.2 Å². The number of nitrogens with one attached hydrogen (secondary N) is 4. The summed E-state index contributed by atoms with van der Waals surface area (Å²) < 4.78 is 0. The van der Waals surface area contributed by atoms with Crippen LogP contribution in [0, 0.1) is 0 Å². The fourth-order valence-electron chi connectivity index (χ4n) is 4.15. The first kappa shape index (κ1) is 26.3. The van der Waals surface area contributed by atoms with Crippen LogP contribution < -0.4 is 21.3 Å². The molecule has 40 heavy (non-hydrogen) atoms. The topological polar surface area (TPSA) is 129 Å². The van der Waals surface area contributed by atoms with Crippen molar-refractivity contribution < 1.29 is 19.2 Å². The van der Waals surface area contributed by atoms with Gasteiger partial charge in [0.05, 0.1) is 0 Å². The Bertz CT molecular complexity index is 1340. The smallest absolute Gasteiger partial charge is 0.270 e. The molecule has 8 bridgehead atoms. The maximum Gasteiger partial charge on any atom is 0.270 e. The van der Waals surface area contributed by atoms with Crippen LogP contribution >= 0.6 is 0 Å². The zero-order valence-electron chi connectivity index (χ0n) is 21.6. The Kier molecular flexibility index (Phi) is 7.92. The van der Waals surface area contributed by atoms with Gasteiger partial charge in [0.2, 0.25) is 0 Å². The van der Waals surface area contributed by atoms with E-state index in [9.17, 15) is 19.2 Å². The number of carbonyl (C=O) groups is 4. The Balaban J connectivity index is 1.36. The van der Waals surface area contributed by atoms with Gasteiger partial charge in [-0.1, -0.05) is 60.7 Å². The normalized spacial score (nSPS) is 14.6. The van der Waals surface area contributed by atoms with Crippen molar-refractivity contribution in [1.82, 2.24) is 26.3 Å². The number of hydrogen-bond acceptors (Lipinski definition) is 5. The van der Waals surface area contributed by atoms with E-state index in [0.29, 0.717) is 24.2 Å². The summed E-state index contributed by atoms with van der Waals surface area (Å²) in [6.07, 6.45) is 0. The molecule has 9 heteroatoms. The van der Waals surface area contributed by atoms with Crippen LogP contribution in [0.25, 0.3) is 0 Å². The minimum atomic E-state index is -0.391. The van der Waals surface area contributed by atoms with Crippen molar-refractivity contribution in [3.63, 3.8) is 0 Å². The van der Waals surface area contributed by atoms with E-state index < -0.39 is 11.8 Å². The molecule has 4 aliphatic heterocycles. The molecular weight excluding hydrogens is 506 g/mol. The second-order valence-corrected chi connectivity index (χ2v) is 9.35. The van der Waals surface area contributed by atoms with E-state index >= 15 is 0 Å². The van der Waals surface area contributed by atoms with Crippen molar-refractivity contribution in [2.45, 2.75) is 26.2 Å². The van der Waals surface area contributed by atoms with E-state index in [1.54, 1.807) is 42.5 Å². The number of pyridine rings is 1. The van der Waals surface area contributed by atoms with Gasteiger partial charge < -0.3 is 21.3 Å². The van der Waals surface area contributed by atoms with E-state index in [1.807, 2.05) is 48.5 Å². The number of amides is 4. The molecule has 0 saturated carbocycles. The molecule has 1 aromatic heterocycles. The van der Waals surface area contributed by atoms with Crippen molar-refractivity contribution in [1.29, 1.82) is 0 Å². The molecule has 0 saturated heterocycles. The van der Waals surface area contributed by atoms with Gasteiger partial charge in [-0.15, -0.1) is 0 Å². The number of carbonyl (C=O) groups excluding carboxylic acids is 4. The van der Waals surface area contributed by atoms with Crippen LogP contribution in [0.1, 0.15) is 63.9 Å². The Labute approximate surface area is 231 Å². The molecule has 8 rings (SSSR count). The molecule has 0 spiro atoms. The maximum absolute atomic E-state index is 12.7. The molecule has 4 aliphatic rings. The lowest BCUT2D eigenvalue weighted by atomic mass is 10.1. The fraction of sp³-hybridized carbons (Fsp3) is 0.129. The number of nitrogens with zero attached hydrogens (tertiary/aromatic N) is 1. The average Bonchev–Trinajstić information content (AvgIpc) is 3.00. The second kappa shape index (κ2) is 12.0. The van der Waals surface area contributed by atoms with E-state index in [2.05, 4.69) is 26.3 Å². The number of benzene rings is 3. The van der Waals surface area contributed by atoms with Gasteiger partial charge in [0.25, 0.3) is 23.6 Å². The third-order valence-electron chi connectivity index (χ3n) is 6.46. The Hall–Kier alpha value is -5.31. The first-order valence-corrected chi connectivity index (χ1v) is 12.8. The predicted octanol–water partition coefficient (Wildman–Crippen LogP) is 3.12. The van der Waals surface area contributed by atoms with Crippen molar-refractivity contribution in [2.24, 2.45) is 0 Å². The molecule has 4 N–H and O–H groups in total. The predicted molar refractivity (Wildman–Crippen MR) is 148 cm³/mol. The molecule has 200 valence electrons. The minimum absolute atomic E-state index is 0.142. The van der Waals surface area contributed by atoms with Crippen molar-refractivity contribution in [2.75, 3.05) is 0 Å². The summed E-state index contributed by atoms with van der Waals surface area (Å²) in [5.41, 5.74) is 4.55. The largest absolute Gasteiger partial charge is 0.348 e. The highest BCUT2D eigenvalue weighted by Gasteiger charge is 2.14. The number of aromatic nitrogens is 1. The quantitative estimate of drug-likeness (QED) is 0.276. The van der Waals surface area contributed by atoms with Crippen LogP contribution in [-0.4, -0.2) is 28.6 Å². The number of hydrogen-bond donors (Lipinski definition) is 4. The summed E-state index contributed by atoms with van der Waals surface area (Å²) in [6, 6.07) is 26.2. The van der Waals surface area contributed by atoms with Gasteiger partial charge in [0.15, 0.2) is 0 Å². The highest BCUT2D eigenvalue weighted by molar-refractivity contribution is 5.99. The van der Waals surface area contributed by atoms with E-state index in [4.69, 9.17) is 0 Å². The molecule has 4 amide bonds. The van der Waals surface area contributed by atoms with Gasteiger partial charge in [-0.25, -0.2) is 4.98 Å².